The van der Waals surface area contributed by atoms with Crippen LogP contribution in [0.1, 0.15) is 32.3 Å². The molecule has 0 saturated heterocycles. The Bertz CT molecular complexity index is 2550. The predicted octanol–water partition coefficient (Wildman–Crippen LogP) is 11.6. The molecule has 0 aliphatic rings. The van der Waals surface area contributed by atoms with Crippen molar-refractivity contribution in [1.29, 1.82) is 0 Å². The maximum Gasteiger partial charge on any atom is 0.272 e. The third-order valence-electron chi connectivity index (χ3n) is 8.60. The quantitative estimate of drug-likeness (QED) is 0.0743. The first-order valence-electron chi connectivity index (χ1n) is 18.0. The molecule has 0 aliphatic carbocycles. The van der Waals surface area contributed by atoms with Crippen molar-refractivity contribution >= 4 is 80.9 Å². The van der Waals surface area contributed by atoms with E-state index in [1.807, 2.05) is 102 Å². The summed E-state index contributed by atoms with van der Waals surface area (Å²) in [5, 5.41) is 11.2. The van der Waals surface area contributed by atoms with Gasteiger partial charge in [-0.05, 0) is 83.4 Å². The fraction of sp³-hybridized carbons (Fsp3) is 0.0435. The molecule has 0 saturated carbocycles. The number of anilines is 2. The number of ether oxygens (including phenoxy) is 1. The molecule has 1 aromatic heterocycles. The first kappa shape index (κ1) is 40.0. The fourth-order valence-electron chi connectivity index (χ4n) is 5.72. The van der Waals surface area contributed by atoms with Gasteiger partial charge >= 0.3 is 0 Å². The lowest BCUT2D eigenvalue weighted by atomic mass is 10.1. The molecule has 12 heteroatoms. The largest absolute Gasteiger partial charge is 0.489 e. The number of halogens is 2. The topological polar surface area (TPSA) is 109 Å². The molecule has 0 aliphatic heterocycles. The van der Waals surface area contributed by atoms with Crippen molar-refractivity contribution in [3.63, 3.8) is 0 Å². The summed E-state index contributed by atoms with van der Waals surface area (Å²) >= 11 is 15.1. The zero-order valence-electron chi connectivity index (χ0n) is 30.6. The molecule has 7 rings (SSSR count). The van der Waals surface area contributed by atoms with Crippen LogP contribution in [0.25, 0.3) is 17.3 Å². The summed E-state index contributed by atoms with van der Waals surface area (Å²) in [5.41, 5.74) is 4.73. The van der Waals surface area contributed by atoms with E-state index in [-0.39, 0.29) is 11.6 Å². The lowest BCUT2D eigenvalue weighted by Crippen LogP contribution is -2.30. The molecule has 0 bridgehead atoms. The van der Waals surface area contributed by atoms with Gasteiger partial charge in [0.2, 0.25) is 5.91 Å². The van der Waals surface area contributed by atoms with Crippen molar-refractivity contribution in [2.45, 2.75) is 16.8 Å². The van der Waals surface area contributed by atoms with Crippen LogP contribution < -0.4 is 20.7 Å². The van der Waals surface area contributed by atoms with Crippen LogP contribution >= 0.6 is 46.3 Å². The van der Waals surface area contributed by atoms with Crippen molar-refractivity contribution in [2.75, 3.05) is 10.6 Å². The van der Waals surface area contributed by atoms with E-state index in [4.69, 9.17) is 27.9 Å². The predicted molar refractivity (Wildman–Crippen MR) is 235 cm³/mol. The Balaban J connectivity index is 1.08. The summed E-state index contributed by atoms with van der Waals surface area (Å²) < 4.78 is 5.93. The molecular weight excluding hydrogens is 808 g/mol. The Hall–Kier alpha value is -6.17. The maximum absolute atomic E-state index is 13.9. The number of nitrogens with zero attached hydrogens (tertiary/aromatic N) is 1. The van der Waals surface area contributed by atoms with Crippen molar-refractivity contribution in [1.82, 2.24) is 10.3 Å². The third kappa shape index (κ3) is 10.8. The van der Waals surface area contributed by atoms with Crippen molar-refractivity contribution in [3.05, 3.63) is 201 Å². The molecule has 0 radical (unpaired) electrons. The van der Waals surface area contributed by atoms with E-state index in [9.17, 15) is 14.4 Å². The zero-order chi connectivity index (χ0) is 40.3. The van der Waals surface area contributed by atoms with Crippen LogP contribution in [0.5, 0.6) is 5.75 Å². The lowest BCUT2D eigenvalue weighted by Gasteiger charge is -2.17. The molecule has 1 unspecified atom stereocenters. The summed E-state index contributed by atoms with van der Waals surface area (Å²) in [5.74, 6) is -0.585. The highest BCUT2D eigenvalue weighted by molar-refractivity contribution is 8.00. The Labute approximate surface area is 353 Å². The van der Waals surface area contributed by atoms with Gasteiger partial charge in [-0.15, -0.1) is 23.1 Å². The minimum absolute atomic E-state index is 0.0362. The van der Waals surface area contributed by atoms with Crippen LogP contribution in [0.3, 0.4) is 0 Å². The number of hydrogen-bond donors (Lipinski definition) is 3. The molecule has 58 heavy (non-hydrogen) atoms. The van der Waals surface area contributed by atoms with Gasteiger partial charge in [0, 0.05) is 32.1 Å². The second-order valence-corrected chi connectivity index (χ2v) is 15.6. The average molecular weight is 842 g/mol. The molecule has 1 atom stereocenters. The van der Waals surface area contributed by atoms with Crippen LogP contribution in [0.15, 0.2) is 174 Å². The number of benzene rings is 6. The number of hydrogen-bond acceptors (Lipinski definition) is 7. The number of thioether (sulfide) groups is 1. The van der Waals surface area contributed by atoms with Crippen molar-refractivity contribution < 1.29 is 19.1 Å². The maximum atomic E-state index is 13.9. The van der Waals surface area contributed by atoms with Gasteiger partial charge in [0.05, 0.1) is 10.7 Å². The summed E-state index contributed by atoms with van der Waals surface area (Å²) in [7, 11) is 0. The summed E-state index contributed by atoms with van der Waals surface area (Å²) in [4.78, 5) is 46.4. The Morgan fingerprint density at radius 2 is 1.47 bits per heavy atom. The fourth-order valence-corrected chi connectivity index (χ4v) is 8.02. The first-order chi connectivity index (χ1) is 28.3. The van der Waals surface area contributed by atoms with Crippen LogP contribution in [-0.4, -0.2) is 22.7 Å². The molecule has 3 N–H and O–H groups in total. The highest BCUT2D eigenvalue weighted by atomic mass is 35.5. The van der Waals surface area contributed by atoms with Gasteiger partial charge in [0.25, 0.3) is 11.8 Å². The van der Waals surface area contributed by atoms with Crippen molar-refractivity contribution in [3.8, 4) is 17.0 Å². The summed E-state index contributed by atoms with van der Waals surface area (Å²) in [6.45, 7) is 0.415. The van der Waals surface area contributed by atoms with E-state index in [1.54, 1.807) is 66.7 Å². The van der Waals surface area contributed by atoms with Crippen LogP contribution in [0.4, 0.5) is 10.8 Å². The van der Waals surface area contributed by atoms with Gasteiger partial charge in [-0.1, -0.05) is 120 Å². The smallest absolute Gasteiger partial charge is 0.272 e. The molecule has 7 aromatic rings. The lowest BCUT2D eigenvalue weighted by molar-refractivity contribution is -0.116. The van der Waals surface area contributed by atoms with Gasteiger partial charge in [-0.25, -0.2) is 4.98 Å². The number of aromatic nitrogens is 1. The number of nitrogens with one attached hydrogen (secondary N) is 3. The first-order valence-corrected chi connectivity index (χ1v) is 20.5. The number of amides is 3. The molecule has 288 valence electrons. The highest BCUT2D eigenvalue weighted by Gasteiger charge is 2.24. The number of carbonyl (C=O) groups excluding carboxylic acids is 3. The Kier molecular flexibility index (Phi) is 13.3. The molecule has 3 amide bonds. The van der Waals surface area contributed by atoms with Crippen LogP contribution in [0.2, 0.25) is 10.0 Å². The summed E-state index contributed by atoms with van der Waals surface area (Å²) in [6.07, 6.45) is 1.61. The van der Waals surface area contributed by atoms with Gasteiger partial charge in [-0.3, -0.25) is 14.4 Å². The van der Waals surface area contributed by atoms with Crippen LogP contribution in [0, 0.1) is 0 Å². The standard InChI is InChI=1S/C46H34Cl2N4O4S2/c47-34-21-24-38(39(48)26-34)41-29-57-46(51-41)52-45(55)42(32-13-6-2-7-14-32)58-37-18-10-17-35(27-37)49-44(54)40(50-43(53)33-15-8-3-9-16-33)25-30-19-22-36(23-20-30)56-28-31-11-4-1-5-12-31/h1-27,29,42H,28H2,(H,49,54)(H,50,53)(H,51,52,55)/b40-25-. The molecular formula is C46H34Cl2N4O4S2. The number of carbonyl (C=O) groups is 3. The van der Waals surface area contributed by atoms with E-state index in [2.05, 4.69) is 20.9 Å². The SMILES string of the molecule is O=C(Nc1cccc(SC(C(=O)Nc2nc(-c3ccc(Cl)cc3Cl)cs2)c2ccccc2)c1)/C(=C/c1ccc(OCc2ccccc2)cc1)NC(=O)c1ccccc1. The molecule has 8 nitrogen and oxygen atoms in total. The number of rotatable bonds is 14. The van der Waals surface area contributed by atoms with Crippen molar-refractivity contribution in [2.24, 2.45) is 0 Å². The monoisotopic (exact) mass is 840 g/mol. The van der Waals surface area contributed by atoms with Gasteiger partial charge < -0.3 is 20.7 Å². The van der Waals surface area contributed by atoms with Gasteiger partial charge in [0.1, 0.15) is 23.3 Å². The second-order valence-electron chi connectivity index (χ2n) is 12.8. The van der Waals surface area contributed by atoms with E-state index in [0.717, 1.165) is 16.0 Å². The van der Waals surface area contributed by atoms with Gasteiger partial charge in [0.15, 0.2) is 5.13 Å². The van der Waals surface area contributed by atoms with E-state index in [1.165, 1.54) is 23.1 Å². The number of thiazole rings is 1. The second kappa shape index (κ2) is 19.3. The molecule has 6 aromatic carbocycles. The Morgan fingerprint density at radius 1 is 0.759 bits per heavy atom. The van der Waals surface area contributed by atoms with Crippen LogP contribution in [-0.2, 0) is 16.2 Å². The molecule has 0 fully saturated rings. The molecule has 0 spiro atoms. The third-order valence-corrected chi connectivity index (χ3v) is 11.1. The normalized spacial score (nSPS) is 11.7. The average Bonchev–Trinajstić information content (AvgIpc) is 3.71. The minimum Gasteiger partial charge on any atom is -0.489 e. The van der Waals surface area contributed by atoms with E-state index < -0.39 is 17.1 Å². The zero-order valence-corrected chi connectivity index (χ0v) is 33.7. The van der Waals surface area contributed by atoms with E-state index in [0.29, 0.717) is 55.6 Å². The Morgan fingerprint density at radius 3 is 2.19 bits per heavy atom. The minimum atomic E-state index is -0.668. The van der Waals surface area contributed by atoms with E-state index >= 15 is 0 Å². The highest BCUT2D eigenvalue weighted by Crippen LogP contribution is 2.38. The van der Waals surface area contributed by atoms with Gasteiger partial charge in [-0.2, -0.15) is 0 Å². The molecule has 1 heterocycles. The summed E-state index contributed by atoms with van der Waals surface area (Å²) in [6, 6.07) is 47.5.